The molecule has 2 aliphatic rings. The molecule has 0 spiro atoms. The highest BCUT2D eigenvalue weighted by Crippen LogP contribution is 2.41. The van der Waals surface area contributed by atoms with Gasteiger partial charge in [-0.3, -0.25) is 9.59 Å². The van der Waals surface area contributed by atoms with E-state index in [1.165, 1.54) is 10.7 Å². The van der Waals surface area contributed by atoms with Gasteiger partial charge in [-0.2, -0.15) is 0 Å². The molecule has 1 N–H and O–H groups in total. The topological polar surface area (TPSA) is 115 Å². The lowest BCUT2D eigenvalue weighted by Gasteiger charge is -2.19. The van der Waals surface area contributed by atoms with E-state index >= 15 is 0 Å². The smallest absolute Gasteiger partial charge is 0.341 e. The minimum absolute atomic E-state index is 0.130. The molecule has 0 radical (unpaired) electrons. The number of imide groups is 1. The maximum atomic E-state index is 15.0. The normalized spacial score (nSPS) is 20.6. The standard InChI is InChI=1S/C22H19FN4O5/c23-14-9-15-18(10-17(14)26-21(30)12-5-1-2-6-13(12)22(26)31)27(25-24-15)16-7-3-4-8-19(16)32-11-20(28)29/h3-4,7-10,12-13H,1-2,5-6,11H2,(H,28,29). The van der Waals surface area contributed by atoms with Crippen LogP contribution in [-0.2, 0) is 14.4 Å². The van der Waals surface area contributed by atoms with Crippen molar-refractivity contribution in [3.05, 3.63) is 42.2 Å². The Balaban J connectivity index is 1.60. The second-order valence-corrected chi connectivity index (χ2v) is 7.95. The SMILES string of the molecule is O=C(O)COc1ccccc1-n1nnc2cc(F)c(N3C(=O)C4CCCCC4C3=O)cc21. The molecule has 2 fully saturated rings. The molecule has 2 amide bonds. The maximum Gasteiger partial charge on any atom is 0.341 e. The van der Waals surface area contributed by atoms with E-state index in [0.717, 1.165) is 23.8 Å². The number of carboxylic acids is 1. The van der Waals surface area contributed by atoms with Crippen LogP contribution in [0.5, 0.6) is 5.75 Å². The number of hydrogen-bond donors (Lipinski definition) is 1. The molecule has 2 aromatic carbocycles. The maximum absolute atomic E-state index is 15.0. The number of para-hydroxylation sites is 2. The van der Waals surface area contributed by atoms with Crippen LogP contribution in [0.4, 0.5) is 10.1 Å². The zero-order chi connectivity index (χ0) is 22.4. The van der Waals surface area contributed by atoms with Crippen LogP contribution in [0.2, 0.25) is 0 Å². The number of aliphatic carboxylic acids is 1. The molecule has 2 heterocycles. The summed E-state index contributed by atoms with van der Waals surface area (Å²) in [7, 11) is 0. The quantitative estimate of drug-likeness (QED) is 0.609. The number of carbonyl (C=O) groups is 3. The average Bonchev–Trinajstić information content (AvgIpc) is 3.30. The van der Waals surface area contributed by atoms with Gasteiger partial charge in [0.1, 0.15) is 22.8 Å². The highest BCUT2D eigenvalue weighted by atomic mass is 19.1. The van der Waals surface area contributed by atoms with E-state index in [2.05, 4.69) is 10.3 Å². The monoisotopic (exact) mass is 438 g/mol. The Morgan fingerprint density at radius 3 is 2.47 bits per heavy atom. The number of halogens is 1. The molecule has 5 rings (SSSR count). The summed E-state index contributed by atoms with van der Waals surface area (Å²) in [6.45, 7) is -0.553. The van der Waals surface area contributed by atoms with E-state index < -0.39 is 30.2 Å². The Hall–Kier alpha value is -3.82. The molecule has 1 saturated heterocycles. The van der Waals surface area contributed by atoms with Crippen molar-refractivity contribution in [1.82, 2.24) is 15.0 Å². The van der Waals surface area contributed by atoms with Crippen molar-refractivity contribution in [3.63, 3.8) is 0 Å². The fourth-order valence-electron chi connectivity index (χ4n) is 4.57. The van der Waals surface area contributed by atoms with E-state index in [-0.39, 0.29) is 28.8 Å². The molecule has 1 aliphatic heterocycles. The lowest BCUT2D eigenvalue weighted by Crippen LogP contribution is -2.31. The fraction of sp³-hybridized carbons (Fsp3) is 0.318. The van der Waals surface area contributed by atoms with E-state index in [0.29, 0.717) is 24.0 Å². The van der Waals surface area contributed by atoms with Gasteiger partial charge in [-0.1, -0.05) is 30.2 Å². The number of nitrogens with zero attached hydrogens (tertiary/aromatic N) is 4. The molecule has 2 unspecified atom stereocenters. The Morgan fingerprint density at radius 1 is 1.09 bits per heavy atom. The fourth-order valence-corrected chi connectivity index (χ4v) is 4.57. The minimum Gasteiger partial charge on any atom is -0.480 e. The Bertz CT molecular complexity index is 1230. The number of anilines is 1. The third-order valence-corrected chi connectivity index (χ3v) is 6.04. The van der Waals surface area contributed by atoms with Crippen molar-refractivity contribution in [2.75, 3.05) is 11.5 Å². The van der Waals surface area contributed by atoms with Gasteiger partial charge in [0.2, 0.25) is 11.8 Å². The molecule has 32 heavy (non-hydrogen) atoms. The molecule has 9 nitrogen and oxygen atoms in total. The number of fused-ring (bicyclic) bond motifs is 2. The molecule has 1 aromatic heterocycles. The van der Waals surface area contributed by atoms with Crippen LogP contribution in [0.15, 0.2) is 36.4 Å². The van der Waals surface area contributed by atoms with Gasteiger partial charge in [-0.15, -0.1) is 5.10 Å². The number of hydrogen-bond acceptors (Lipinski definition) is 6. The zero-order valence-corrected chi connectivity index (χ0v) is 16.9. The van der Waals surface area contributed by atoms with Crippen LogP contribution < -0.4 is 9.64 Å². The van der Waals surface area contributed by atoms with E-state index in [1.807, 2.05) is 0 Å². The van der Waals surface area contributed by atoms with Gasteiger partial charge in [-0.05, 0) is 31.0 Å². The second-order valence-electron chi connectivity index (χ2n) is 7.95. The average molecular weight is 438 g/mol. The van der Waals surface area contributed by atoms with Crippen molar-refractivity contribution < 1.29 is 28.6 Å². The Kier molecular flexibility index (Phi) is 4.84. The molecule has 1 aliphatic carbocycles. The number of ether oxygens (including phenoxy) is 1. The van der Waals surface area contributed by atoms with Crippen LogP contribution in [0.25, 0.3) is 16.7 Å². The summed E-state index contributed by atoms with van der Waals surface area (Å²) in [6, 6.07) is 9.13. The number of amides is 2. The van der Waals surface area contributed by atoms with Crippen molar-refractivity contribution in [2.45, 2.75) is 25.7 Å². The minimum atomic E-state index is -1.14. The first-order valence-electron chi connectivity index (χ1n) is 10.3. The third kappa shape index (κ3) is 3.19. The largest absolute Gasteiger partial charge is 0.480 e. The summed E-state index contributed by atoms with van der Waals surface area (Å²) < 4.78 is 21.7. The highest BCUT2D eigenvalue weighted by molar-refractivity contribution is 6.22. The molecule has 3 aromatic rings. The summed E-state index contributed by atoms with van der Waals surface area (Å²) in [5.41, 5.74) is 0.829. The molecule has 1 saturated carbocycles. The summed E-state index contributed by atoms with van der Waals surface area (Å²) in [4.78, 5) is 37.8. The van der Waals surface area contributed by atoms with Gasteiger partial charge >= 0.3 is 5.97 Å². The van der Waals surface area contributed by atoms with Crippen molar-refractivity contribution in [1.29, 1.82) is 0 Å². The molecule has 2 atom stereocenters. The van der Waals surface area contributed by atoms with Crippen LogP contribution in [-0.4, -0.2) is 44.5 Å². The first kappa shape index (κ1) is 20.1. The van der Waals surface area contributed by atoms with Crippen LogP contribution >= 0.6 is 0 Å². The molecular formula is C22H19FN4O5. The summed E-state index contributed by atoms with van der Waals surface area (Å²) in [6.07, 6.45) is 3.01. The van der Waals surface area contributed by atoms with Crippen LogP contribution in [0.1, 0.15) is 25.7 Å². The molecular weight excluding hydrogens is 419 g/mol. The number of rotatable bonds is 5. The van der Waals surface area contributed by atoms with Gasteiger partial charge in [0, 0.05) is 6.07 Å². The van der Waals surface area contributed by atoms with Gasteiger partial charge in [-0.25, -0.2) is 18.8 Å². The molecule has 164 valence electrons. The predicted octanol–water partition coefficient (Wildman–Crippen LogP) is 2.70. The number of aromatic nitrogens is 3. The van der Waals surface area contributed by atoms with Crippen molar-refractivity contribution >= 4 is 34.5 Å². The third-order valence-electron chi connectivity index (χ3n) is 6.04. The van der Waals surface area contributed by atoms with Gasteiger partial charge in [0.25, 0.3) is 0 Å². The van der Waals surface area contributed by atoms with Crippen molar-refractivity contribution in [3.8, 4) is 11.4 Å². The van der Waals surface area contributed by atoms with Crippen LogP contribution in [0, 0.1) is 17.7 Å². The summed E-state index contributed by atoms with van der Waals surface area (Å²) in [5.74, 6) is -3.18. The lowest BCUT2D eigenvalue weighted by atomic mass is 9.81. The van der Waals surface area contributed by atoms with E-state index in [4.69, 9.17) is 9.84 Å². The first-order valence-corrected chi connectivity index (χ1v) is 10.3. The Morgan fingerprint density at radius 2 is 1.78 bits per heavy atom. The van der Waals surface area contributed by atoms with Crippen LogP contribution in [0.3, 0.4) is 0 Å². The molecule has 10 heteroatoms. The number of benzene rings is 2. The first-order chi connectivity index (χ1) is 15.5. The number of carboxylic acid groups (broad SMARTS) is 1. The highest BCUT2D eigenvalue weighted by Gasteiger charge is 2.49. The Labute approximate surface area is 181 Å². The summed E-state index contributed by atoms with van der Waals surface area (Å²) in [5, 5.41) is 17.0. The van der Waals surface area contributed by atoms with E-state index in [9.17, 15) is 18.8 Å². The lowest BCUT2D eigenvalue weighted by molar-refractivity contribution is -0.139. The predicted molar refractivity (Wildman–Crippen MR) is 110 cm³/mol. The molecule has 0 bridgehead atoms. The van der Waals surface area contributed by atoms with Gasteiger partial charge in [0.05, 0.1) is 23.0 Å². The second kappa shape index (κ2) is 7.70. The van der Waals surface area contributed by atoms with E-state index in [1.54, 1.807) is 24.3 Å². The zero-order valence-electron chi connectivity index (χ0n) is 16.9. The number of carbonyl (C=O) groups excluding carboxylic acids is 2. The van der Waals surface area contributed by atoms with Gasteiger partial charge < -0.3 is 9.84 Å². The van der Waals surface area contributed by atoms with Crippen molar-refractivity contribution in [2.24, 2.45) is 11.8 Å². The van der Waals surface area contributed by atoms with Gasteiger partial charge in [0.15, 0.2) is 6.61 Å². The summed E-state index contributed by atoms with van der Waals surface area (Å²) >= 11 is 0.